The van der Waals surface area contributed by atoms with Crippen LogP contribution in [0.1, 0.15) is 28.1 Å². The van der Waals surface area contributed by atoms with E-state index in [0.717, 1.165) is 5.56 Å². The average molecular weight is 505 g/mol. The van der Waals surface area contributed by atoms with E-state index in [9.17, 15) is 19.2 Å². The molecule has 2 saturated heterocycles. The van der Waals surface area contributed by atoms with E-state index in [2.05, 4.69) is 15.6 Å². The Balaban J connectivity index is 1.35. The second-order valence-electron chi connectivity index (χ2n) is 9.23. The highest BCUT2D eigenvalue weighted by Gasteiger charge is 2.53. The van der Waals surface area contributed by atoms with Crippen molar-refractivity contribution >= 4 is 40.7 Å². The number of methoxy groups -OCH3 is 2. The van der Waals surface area contributed by atoms with E-state index in [1.807, 2.05) is 0 Å². The molecule has 2 aromatic heterocycles. The minimum Gasteiger partial charge on any atom is -0.497 e. The molecule has 1 aromatic carbocycles. The zero-order valence-corrected chi connectivity index (χ0v) is 20.1. The van der Waals surface area contributed by atoms with Crippen LogP contribution in [0.3, 0.4) is 0 Å². The minimum atomic E-state index is -1.66. The van der Waals surface area contributed by atoms with E-state index >= 15 is 0 Å². The van der Waals surface area contributed by atoms with E-state index in [4.69, 9.17) is 13.9 Å². The van der Waals surface area contributed by atoms with E-state index in [1.54, 1.807) is 43.5 Å². The van der Waals surface area contributed by atoms with Crippen molar-refractivity contribution in [3.05, 3.63) is 53.3 Å². The number of anilines is 1. The van der Waals surface area contributed by atoms with Crippen molar-refractivity contribution in [3.8, 4) is 5.75 Å². The summed E-state index contributed by atoms with van der Waals surface area (Å²) in [7, 11) is 3.07. The number of hydrogen-bond donors (Lipinski definition) is 2. The number of hydrogen-bond acceptors (Lipinski definition) is 8. The Bertz CT molecular complexity index is 1480. The predicted molar refractivity (Wildman–Crippen MR) is 128 cm³/mol. The SMILES string of the molecule is COc1ccc2c(c1)C(=O)N(CC1(c3cc4nc(N5CC(OC)CC5=O)ccc4o3)NC(=O)NC1=O)C2. The monoisotopic (exact) mass is 505 g/mol. The number of furan rings is 1. The molecule has 6 rings (SSSR count). The van der Waals surface area contributed by atoms with Gasteiger partial charge in [-0.1, -0.05) is 6.07 Å². The lowest BCUT2D eigenvalue weighted by molar-refractivity contribution is -0.125. The summed E-state index contributed by atoms with van der Waals surface area (Å²) in [5.41, 5.74) is 0.355. The Morgan fingerprint density at radius 3 is 2.68 bits per heavy atom. The van der Waals surface area contributed by atoms with E-state index in [-0.39, 0.29) is 43.2 Å². The second kappa shape index (κ2) is 8.30. The van der Waals surface area contributed by atoms with Crippen LogP contribution in [0.4, 0.5) is 10.6 Å². The number of pyridine rings is 1. The van der Waals surface area contributed by atoms with Crippen LogP contribution >= 0.6 is 0 Å². The lowest BCUT2D eigenvalue weighted by Gasteiger charge is -2.28. The molecule has 3 aliphatic rings. The summed E-state index contributed by atoms with van der Waals surface area (Å²) in [6.07, 6.45) is 0.0491. The number of benzene rings is 1. The maximum absolute atomic E-state index is 13.2. The molecule has 5 heterocycles. The third kappa shape index (κ3) is 3.59. The molecule has 2 fully saturated rings. The van der Waals surface area contributed by atoms with E-state index in [1.165, 1.54) is 16.9 Å². The van der Waals surface area contributed by atoms with Gasteiger partial charge < -0.3 is 24.1 Å². The van der Waals surface area contributed by atoms with Crippen molar-refractivity contribution in [1.29, 1.82) is 0 Å². The first-order valence-electron chi connectivity index (χ1n) is 11.7. The summed E-state index contributed by atoms with van der Waals surface area (Å²) >= 11 is 0. The van der Waals surface area contributed by atoms with Crippen molar-refractivity contribution in [3.63, 3.8) is 0 Å². The number of aromatic nitrogens is 1. The molecule has 3 aromatic rings. The van der Waals surface area contributed by atoms with Crippen molar-refractivity contribution in [1.82, 2.24) is 20.5 Å². The molecule has 0 radical (unpaired) electrons. The maximum Gasteiger partial charge on any atom is 0.322 e. The van der Waals surface area contributed by atoms with Gasteiger partial charge in [0, 0.05) is 25.3 Å². The molecular formula is C25H23N5O7. The molecule has 0 aliphatic carbocycles. The highest BCUT2D eigenvalue weighted by molar-refractivity contribution is 6.08. The van der Waals surface area contributed by atoms with Crippen LogP contribution in [0.5, 0.6) is 5.75 Å². The second-order valence-corrected chi connectivity index (χ2v) is 9.23. The van der Waals surface area contributed by atoms with Crippen LogP contribution in [0.25, 0.3) is 11.1 Å². The molecule has 5 amide bonds. The molecule has 3 aliphatic heterocycles. The normalized spacial score (nSPS) is 23.1. The first-order chi connectivity index (χ1) is 17.8. The molecule has 2 N–H and O–H groups in total. The summed E-state index contributed by atoms with van der Waals surface area (Å²) in [6, 6.07) is 9.37. The van der Waals surface area contributed by atoms with Gasteiger partial charge in [-0.3, -0.25) is 24.6 Å². The number of rotatable bonds is 6. The van der Waals surface area contributed by atoms with Gasteiger partial charge in [-0.2, -0.15) is 0 Å². The lowest BCUT2D eigenvalue weighted by Crippen LogP contribution is -2.52. The number of imide groups is 1. The number of urea groups is 1. The first kappa shape index (κ1) is 23.0. The predicted octanol–water partition coefficient (Wildman–Crippen LogP) is 1.28. The average Bonchev–Trinajstić information content (AvgIpc) is 3.63. The number of carbonyl (C=O) groups excluding carboxylic acids is 4. The van der Waals surface area contributed by atoms with Crippen LogP contribution in [-0.2, 0) is 26.4 Å². The summed E-state index contributed by atoms with van der Waals surface area (Å²) < 4.78 is 16.5. The number of nitrogens with zero attached hydrogens (tertiary/aromatic N) is 3. The quantitative estimate of drug-likeness (QED) is 0.477. The molecular weight excluding hydrogens is 482 g/mol. The number of amides is 5. The Morgan fingerprint density at radius 1 is 1.14 bits per heavy atom. The van der Waals surface area contributed by atoms with E-state index in [0.29, 0.717) is 34.8 Å². The fourth-order valence-corrected chi connectivity index (χ4v) is 5.06. The van der Waals surface area contributed by atoms with Gasteiger partial charge in [0.15, 0.2) is 11.1 Å². The van der Waals surface area contributed by atoms with Gasteiger partial charge in [0.1, 0.15) is 22.8 Å². The van der Waals surface area contributed by atoms with Crippen LogP contribution in [0, 0.1) is 0 Å². The van der Waals surface area contributed by atoms with Crippen LogP contribution in [0.2, 0.25) is 0 Å². The Hall–Kier alpha value is -4.45. The van der Waals surface area contributed by atoms with Crippen molar-refractivity contribution < 1.29 is 33.1 Å². The highest BCUT2D eigenvalue weighted by atomic mass is 16.5. The molecule has 0 bridgehead atoms. The Labute approximate surface area is 210 Å². The topological polar surface area (TPSA) is 143 Å². The summed E-state index contributed by atoms with van der Waals surface area (Å²) in [5.74, 6) is 0.0553. The third-order valence-electron chi connectivity index (χ3n) is 7.04. The molecule has 190 valence electrons. The van der Waals surface area contributed by atoms with Gasteiger partial charge in [0.05, 0.1) is 32.7 Å². The lowest BCUT2D eigenvalue weighted by atomic mass is 9.95. The third-order valence-corrected chi connectivity index (χ3v) is 7.04. The van der Waals surface area contributed by atoms with Gasteiger partial charge in [-0.25, -0.2) is 9.78 Å². The Kier molecular flexibility index (Phi) is 5.16. The molecule has 2 unspecified atom stereocenters. The number of carbonyl (C=O) groups is 4. The van der Waals surface area contributed by atoms with Gasteiger partial charge in [-0.05, 0) is 29.8 Å². The zero-order chi connectivity index (χ0) is 25.9. The van der Waals surface area contributed by atoms with Gasteiger partial charge in [0.25, 0.3) is 11.8 Å². The van der Waals surface area contributed by atoms with Crippen LogP contribution < -0.4 is 20.3 Å². The van der Waals surface area contributed by atoms with Crippen molar-refractivity contribution in [2.24, 2.45) is 0 Å². The fourth-order valence-electron chi connectivity index (χ4n) is 5.06. The van der Waals surface area contributed by atoms with Crippen molar-refractivity contribution in [2.45, 2.75) is 24.6 Å². The molecule has 12 nitrogen and oxygen atoms in total. The Morgan fingerprint density at radius 2 is 1.97 bits per heavy atom. The maximum atomic E-state index is 13.2. The highest BCUT2D eigenvalue weighted by Crippen LogP contribution is 2.35. The standard InChI is InChI=1S/C25H23N5O7/c1-35-14-4-3-13-10-29(22(32)16(13)7-14)12-25(23(33)27-24(34)28-25)19-9-17-18(37-19)5-6-20(26-17)30-11-15(36-2)8-21(30)31/h3-7,9,15H,8,10-12H2,1-2H3,(H2,27,28,33,34). The van der Waals surface area contributed by atoms with Crippen LogP contribution in [0.15, 0.2) is 40.8 Å². The van der Waals surface area contributed by atoms with Crippen molar-refractivity contribution in [2.75, 3.05) is 32.2 Å². The molecule has 0 spiro atoms. The molecule has 37 heavy (non-hydrogen) atoms. The largest absolute Gasteiger partial charge is 0.497 e. The number of ether oxygens (including phenoxy) is 2. The molecule has 12 heteroatoms. The number of nitrogens with one attached hydrogen (secondary N) is 2. The summed E-state index contributed by atoms with van der Waals surface area (Å²) in [4.78, 5) is 58.6. The smallest absolute Gasteiger partial charge is 0.322 e. The minimum absolute atomic E-state index is 0.106. The summed E-state index contributed by atoms with van der Waals surface area (Å²) in [6.45, 7) is 0.472. The molecule has 2 atom stereocenters. The van der Waals surface area contributed by atoms with Gasteiger partial charge in [-0.15, -0.1) is 0 Å². The van der Waals surface area contributed by atoms with E-state index < -0.39 is 17.5 Å². The summed E-state index contributed by atoms with van der Waals surface area (Å²) in [5, 5.41) is 4.92. The zero-order valence-electron chi connectivity index (χ0n) is 20.1. The fraction of sp³-hybridized carbons (Fsp3) is 0.320. The first-order valence-corrected chi connectivity index (χ1v) is 11.7. The van der Waals surface area contributed by atoms with Gasteiger partial charge >= 0.3 is 6.03 Å². The van der Waals surface area contributed by atoms with Crippen LogP contribution in [-0.4, -0.2) is 67.0 Å². The molecule has 0 saturated carbocycles. The number of fused-ring (bicyclic) bond motifs is 2. The van der Waals surface area contributed by atoms with Gasteiger partial charge in [0.2, 0.25) is 5.91 Å².